The van der Waals surface area contributed by atoms with Gasteiger partial charge in [0.25, 0.3) is 5.24 Å². The minimum Gasteiger partial charge on any atom is -0.383 e. The van der Waals surface area contributed by atoms with Crippen molar-refractivity contribution in [1.29, 1.82) is 0 Å². The summed E-state index contributed by atoms with van der Waals surface area (Å²) in [4.78, 5) is 38.8. The van der Waals surface area contributed by atoms with Gasteiger partial charge in [0, 0.05) is 17.1 Å². The van der Waals surface area contributed by atoms with E-state index in [-0.39, 0.29) is 34.3 Å². The summed E-state index contributed by atoms with van der Waals surface area (Å²) < 4.78 is 13.9. The van der Waals surface area contributed by atoms with E-state index in [1.54, 1.807) is 0 Å². The molecule has 102 valence electrons. The molecule has 0 spiro atoms. The molecule has 2 aromatic rings. The first-order valence-electron chi connectivity index (χ1n) is 5.28. The third-order valence-corrected chi connectivity index (χ3v) is 2.85. The van der Waals surface area contributed by atoms with Gasteiger partial charge in [0.05, 0.1) is 11.1 Å². The van der Waals surface area contributed by atoms with Crippen LogP contribution in [0, 0.1) is 5.82 Å². The number of aliphatic imine (C=N–C) groups is 1. The number of nitrogens with two attached hydrogens (primary N) is 1. The van der Waals surface area contributed by atoms with Crippen molar-refractivity contribution in [3.05, 3.63) is 35.3 Å². The van der Waals surface area contributed by atoms with Crippen molar-refractivity contribution >= 4 is 45.8 Å². The number of hydrogen-bond acceptors (Lipinski definition) is 3. The number of amidine groups is 1. The van der Waals surface area contributed by atoms with Gasteiger partial charge in [-0.15, -0.1) is 0 Å². The zero-order chi connectivity index (χ0) is 14.9. The lowest BCUT2D eigenvalue weighted by Gasteiger charge is -2.03. The third-order valence-electron chi connectivity index (χ3n) is 2.68. The Labute approximate surface area is 116 Å². The average Bonchev–Trinajstić information content (AvgIpc) is 2.83. The number of nitrogens with zero attached hydrogens (tertiary/aromatic N) is 1. The van der Waals surface area contributed by atoms with Gasteiger partial charge >= 0.3 is 0 Å². The number of ketones is 1. The van der Waals surface area contributed by atoms with Crippen molar-refractivity contribution in [2.45, 2.75) is 0 Å². The molecule has 1 aromatic heterocycles. The van der Waals surface area contributed by atoms with Gasteiger partial charge in [-0.1, -0.05) is 0 Å². The molecule has 3 N–H and O–H groups in total. The summed E-state index contributed by atoms with van der Waals surface area (Å²) in [6, 6.07) is 2.35. The van der Waals surface area contributed by atoms with E-state index in [0.29, 0.717) is 0 Å². The lowest BCUT2D eigenvalue weighted by atomic mass is 10.1. The van der Waals surface area contributed by atoms with Crippen molar-refractivity contribution in [3.63, 3.8) is 0 Å². The predicted molar refractivity (Wildman–Crippen MR) is 70.2 cm³/mol. The molecule has 6 nitrogen and oxygen atoms in total. The molecule has 0 aliphatic heterocycles. The Hall–Kier alpha value is -2.54. The largest absolute Gasteiger partial charge is 0.383 e. The van der Waals surface area contributed by atoms with E-state index in [0.717, 1.165) is 12.3 Å². The van der Waals surface area contributed by atoms with Gasteiger partial charge in [0.1, 0.15) is 11.7 Å². The molecular formula is C12H7ClFN3O3. The Morgan fingerprint density at radius 1 is 1.35 bits per heavy atom. The number of rotatable bonds is 4. The first kappa shape index (κ1) is 13.9. The Morgan fingerprint density at radius 2 is 2.05 bits per heavy atom. The summed E-state index contributed by atoms with van der Waals surface area (Å²) >= 11 is 5.10. The number of fused-ring (bicyclic) bond motifs is 1. The van der Waals surface area contributed by atoms with Crippen LogP contribution in [0.4, 0.5) is 4.39 Å². The first-order valence-corrected chi connectivity index (χ1v) is 5.66. The Morgan fingerprint density at radius 3 is 2.65 bits per heavy atom. The van der Waals surface area contributed by atoms with Gasteiger partial charge in [-0.3, -0.25) is 14.4 Å². The number of carbonyl (C=O) groups excluding carboxylic acids is 3. The number of amides is 1. The normalized spacial score (nSPS) is 11.6. The highest BCUT2D eigenvalue weighted by atomic mass is 35.5. The molecule has 0 unspecified atom stereocenters. The van der Waals surface area contributed by atoms with Crippen LogP contribution in [-0.2, 0) is 9.59 Å². The highest BCUT2D eigenvalue weighted by molar-refractivity contribution is 6.83. The molecule has 0 radical (unpaired) electrons. The number of Topliss-reactive ketones (excluding diaryl/α,β-unsaturated/α-hetero) is 1. The highest BCUT2D eigenvalue weighted by Crippen LogP contribution is 2.25. The van der Waals surface area contributed by atoms with Crippen LogP contribution in [0.15, 0.2) is 23.3 Å². The van der Waals surface area contributed by atoms with Crippen LogP contribution < -0.4 is 5.73 Å². The summed E-state index contributed by atoms with van der Waals surface area (Å²) in [5.74, 6) is -1.92. The molecule has 0 fully saturated rings. The maximum atomic E-state index is 13.9. The van der Waals surface area contributed by atoms with Gasteiger partial charge in [-0.05, 0) is 23.7 Å². The molecule has 0 bridgehead atoms. The molecule has 0 aliphatic carbocycles. The molecule has 1 aromatic carbocycles. The maximum Gasteiger partial charge on any atom is 0.293 e. The zero-order valence-corrected chi connectivity index (χ0v) is 10.6. The first-order chi connectivity index (χ1) is 9.47. The minimum absolute atomic E-state index is 0.134. The number of carbonyl (C=O) groups is 3. The number of benzene rings is 1. The fourth-order valence-corrected chi connectivity index (χ4v) is 1.93. The highest BCUT2D eigenvalue weighted by Gasteiger charge is 2.22. The van der Waals surface area contributed by atoms with Crippen LogP contribution in [0.1, 0.15) is 15.9 Å². The summed E-state index contributed by atoms with van der Waals surface area (Å²) in [5, 5.41) is -1.37. The van der Waals surface area contributed by atoms with Crippen LogP contribution in [0.5, 0.6) is 0 Å². The van der Waals surface area contributed by atoms with Gasteiger partial charge in [0.2, 0.25) is 12.2 Å². The van der Waals surface area contributed by atoms with E-state index in [1.807, 2.05) is 0 Å². The van der Waals surface area contributed by atoms with Crippen LogP contribution in [0.25, 0.3) is 10.9 Å². The monoisotopic (exact) mass is 295 g/mol. The van der Waals surface area contributed by atoms with E-state index in [4.69, 9.17) is 17.3 Å². The summed E-state index contributed by atoms with van der Waals surface area (Å²) in [7, 11) is 0. The van der Waals surface area contributed by atoms with Crippen LogP contribution >= 0.6 is 11.6 Å². The molecule has 2 rings (SSSR count). The SMILES string of the molecule is NC(=NC=O)c1ccc(F)c2c(C(=O)C(=O)Cl)c[nH]c12. The number of halogens is 2. The molecule has 20 heavy (non-hydrogen) atoms. The standard InChI is InChI=1S/C12H7ClFN3O3/c13-11(20)10(19)6-3-16-9-5(12(15)17-4-18)1-2-7(14)8(6)9/h1-4,16H,(H2,15,17,18). The summed E-state index contributed by atoms with van der Waals surface area (Å²) in [6.07, 6.45) is 1.38. The Bertz CT molecular complexity index is 767. The molecular weight excluding hydrogens is 289 g/mol. The van der Waals surface area contributed by atoms with Crippen molar-refractivity contribution in [1.82, 2.24) is 4.98 Å². The summed E-state index contributed by atoms with van der Waals surface area (Å²) in [6.45, 7) is 0. The fourth-order valence-electron chi connectivity index (χ4n) is 1.83. The molecule has 1 heterocycles. The molecule has 0 atom stereocenters. The number of hydrogen-bond donors (Lipinski definition) is 2. The fraction of sp³-hybridized carbons (Fsp3) is 0. The van der Waals surface area contributed by atoms with Gasteiger partial charge in [-0.2, -0.15) is 4.99 Å². The quantitative estimate of drug-likeness (QED) is 0.220. The van der Waals surface area contributed by atoms with Gasteiger partial charge in [0.15, 0.2) is 0 Å². The molecule has 1 amide bonds. The van der Waals surface area contributed by atoms with Crippen LogP contribution in [0.3, 0.4) is 0 Å². The predicted octanol–water partition coefficient (Wildman–Crippen LogP) is 1.12. The van der Waals surface area contributed by atoms with E-state index in [1.165, 1.54) is 6.07 Å². The Kier molecular flexibility index (Phi) is 3.62. The van der Waals surface area contributed by atoms with E-state index in [2.05, 4.69) is 9.98 Å². The number of H-pyrrole nitrogens is 1. The maximum absolute atomic E-state index is 13.9. The number of nitrogens with one attached hydrogen (secondary N) is 1. The lowest BCUT2D eigenvalue weighted by molar-refractivity contribution is -0.108. The smallest absolute Gasteiger partial charge is 0.293 e. The van der Waals surface area contributed by atoms with Crippen molar-refractivity contribution in [2.75, 3.05) is 0 Å². The lowest BCUT2D eigenvalue weighted by Crippen LogP contribution is -2.14. The molecule has 0 saturated carbocycles. The van der Waals surface area contributed by atoms with Crippen LogP contribution in [-0.4, -0.2) is 28.3 Å². The Balaban J connectivity index is 2.77. The molecule has 0 saturated heterocycles. The van der Waals surface area contributed by atoms with Crippen molar-refractivity contribution < 1.29 is 18.8 Å². The second-order valence-corrected chi connectivity index (χ2v) is 4.11. The van der Waals surface area contributed by atoms with Gasteiger partial charge in [-0.25, -0.2) is 4.39 Å². The zero-order valence-electron chi connectivity index (χ0n) is 9.81. The second-order valence-electron chi connectivity index (χ2n) is 3.77. The van der Waals surface area contributed by atoms with Gasteiger partial charge < -0.3 is 10.7 Å². The average molecular weight is 296 g/mol. The topological polar surface area (TPSA) is 105 Å². The minimum atomic E-state index is -1.23. The van der Waals surface area contributed by atoms with Crippen molar-refractivity contribution in [3.8, 4) is 0 Å². The number of aromatic nitrogens is 1. The van der Waals surface area contributed by atoms with Crippen LogP contribution in [0.2, 0.25) is 0 Å². The van der Waals surface area contributed by atoms with E-state index < -0.39 is 16.8 Å². The van der Waals surface area contributed by atoms with Crippen molar-refractivity contribution in [2.24, 2.45) is 10.7 Å². The van der Waals surface area contributed by atoms with E-state index >= 15 is 0 Å². The number of aromatic amines is 1. The van der Waals surface area contributed by atoms with E-state index in [9.17, 15) is 18.8 Å². The summed E-state index contributed by atoms with van der Waals surface area (Å²) in [5.41, 5.74) is 5.73. The molecule has 0 aliphatic rings. The second kappa shape index (κ2) is 5.22. The molecule has 8 heteroatoms. The third kappa shape index (κ3) is 2.19.